The van der Waals surface area contributed by atoms with Crippen molar-refractivity contribution in [1.29, 1.82) is 0 Å². The van der Waals surface area contributed by atoms with Gasteiger partial charge in [-0.15, -0.1) is 12.4 Å². The van der Waals surface area contributed by atoms with Crippen molar-refractivity contribution in [3.8, 4) is 0 Å². The second-order valence-electron chi connectivity index (χ2n) is 5.24. The van der Waals surface area contributed by atoms with E-state index in [2.05, 4.69) is 5.32 Å². The van der Waals surface area contributed by atoms with Gasteiger partial charge < -0.3 is 11.1 Å². The topological polar surface area (TPSA) is 72.2 Å². The van der Waals surface area contributed by atoms with Gasteiger partial charge in [0, 0.05) is 40.3 Å². The Bertz CT molecular complexity index is 300. The van der Waals surface area contributed by atoms with Gasteiger partial charge in [0.25, 0.3) is 0 Å². The predicted octanol–water partition coefficient (Wildman–Crippen LogP) is 1.73. The van der Waals surface area contributed by atoms with Gasteiger partial charge in [0.05, 0.1) is 0 Å². The van der Waals surface area contributed by atoms with Crippen LogP contribution in [0.1, 0.15) is 52.4 Å². The molecule has 0 heterocycles. The molecule has 114 valence electrons. The van der Waals surface area contributed by atoms with Crippen molar-refractivity contribution in [1.82, 2.24) is 5.32 Å². The molecule has 4 nitrogen and oxygen atoms in total. The normalized spacial score (nSPS) is 26.1. The van der Waals surface area contributed by atoms with Crippen LogP contribution >= 0.6 is 12.4 Å². The van der Waals surface area contributed by atoms with Gasteiger partial charge >= 0.3 is 0 Å². The van der Waals surface area contributed by atoms with Gasteiger partial charge in [0.2, 0.25) is 5.91 Å². The van der Waals surface area contributed by atoms with Crippen molar-refractivity contribution in [2.45, 2.75) is 69.7 Å². The molecular formula is C13H27ClN2O2S. The van der Waals surface area contributed by atoms with Crippen molar-refractivity contribution < 1.29 is 9.00 Å². The average Bonchev–Trinajstić information content (AvgIpc) is 2.35. The highest BCUT2D eigenvalue weighted by Crippen LogP contribution is 2.23. The second-order valence-corrected chi connectivity index (χ2v) is 7.24. The van der Waals surface area contributed by atoms with Crippen LogP contribution in [0.4, 0.5) is 0 Å². The van der Waals surface area contributed by atoms with E-state index in [1.54, 1.807) is 0 Å². The van der Waals surface area contributed by atoms with Gasteiger partial charge in [-0.2, -0.15) is 0 Å². The number of carbonyl (C=O) groups is 1. The fourth-order valence-electron chi connectivity index (χ4n) is 2.41. The Hall–Kier alpha value is -0.130. The molecule has 4 unspecified atom stereocenters. The van der Waals surface area contributed by atoms with E-state index in [9.17, 15) is 9.00 Å². The summed E-state index contributed by atoms with van der Waals surface area (Å²) in [5, 5.41) is 3.32. The van der Waals surface area contributed by atoms with Gasteiger partial charge in [-0.05, 0) is 32.6 Å². The predicted molar refractivity (Wildman–Crippen MR) is 83.0 cm³/mol. The number of hydrogen-bond acceptors (Lipinski definition) is 3. The van der Waals surface area contributed by atoms with Crippen LogP contribution < -0.4 is 11.1 Å². The molecule has 1 aliphatic carbocycles. The Labute approximate surface area is 125 Å². The molecule has 19 heavy (non-hydrogen) atoms. The molecule has 4 atom stereocenters. The first kappa shape index (κ1) is 18.9. The first-order valence-electron chi connectivity index (χ1n) is 6.95. The van der Waals surface area contributed by atoms with Crippen molar-refractivity contribution in [2.75, 3.05) is 5.75 Å². The summed E-state index contributed by atoms with van der Waals surface area (Å²) < 4.78 is 11.8. The van der Waals surface area contributed by atoms with Crippen LogP contribution in [0.15, 0.2) is 0 Å². The molecule has 1 rings (SSSR count). The standard InChI is InChI=1S/C13H26N2O2S.ClH/c1-3-18(17)12-6-4-5-11(9-12)15-13(16)8-7-10(2)14;/h10-12H,3-9,14H2,1-2H3,(H,15,16);1H. The summed E-state index contributed by atoms with van der Waals surface area (Å²) in [5.41, 5.74) is 5.63. The number of nitrogens with one attached hydrogen (secondary N) is 1. The summed E-state index contributed by atoms with van der Waals surface area (Å²) in [5.74, 6) is 0.802. The van der Waals surface area contributed by atoms with Crippen LogP contribution in [-0.4, -0.2) is 33.2 Å². The monoisotopic (exact) mass is 310 g/mol. The minimum absolute atomic E-state index is 0. The minimum atomic E-state index is -0.731. The van der Waals surface area contributed by atoms with E-state index in [0.29, 0.717) is 6.42 Å². The van der Waals surface area contributed by atoms with E-state index >= 15 is 0 Å². The van der Waals surface area contributed by atoms with Crippen LogP contribution in [0.2, 0.25) is 0 Å². The van der Waals surface area contributed by atoms with Crippen molar-refractivity contribution in [2.24, 2.45) is 5.73 Å². The molecule has 0 aromatic heterocycles. The van der Waals surface area contributed by atoms with Gasteiger partial charge in [-0.25, -0.2) is 0 Å². The summed E-state index contributed by atoms with van der Waals surface area (Å²) in [4.78, 5) is 11.7. The first-order chi connectivity index (χ1) is 8.52. The molecule has 3 N–H and O–H groups in total. The van der Waals surface area contributed by atoms with Crippen molar-refractivity contribution in [3.63, 3.8) is 0 Å². The maximum atomic E-state index is 11.8. The fraction of sp³-hybridized carbons (Fsp3) is 0.923. The lowest BCUT2D eigenvalue weighted by molar-refractivity contribution is -0.122. The maximum Gasteiger partial charge on any atom is 0.220 e. The molecule has 6 heteroatoms. The smallest absolute Gasteiger partial charge is 0.220 e. The van der Waals surface area contributed by atoms with Crippen LogP contribution in [0.3, 0.4) is 0 Å². The number of nitrogens with two attached hydrogens (primary N) is 1. The van der Waals surface area contributed by atoms with Crippen molar-refractivity contribution >= 4 is 29.1 Å². The lowest BCUT2D eigenvalue weighted by Crippen LogP contribution is -2.41. The summed E-state index contributed by atoms with van der Waals surface area (Å²) >= 11 is 0. The van der Waals surface area contributed by atoms with E-state index in [1.807, 2.05) is 13.8 Å². The zero-order valence-corrected chi connectivity index (χ0v) is 13.5. The van der Waals surface area contributed by atoms with Crippen LogP contribution in [0.25, 0.3) is 0 Å². The summed E-state index contributed by atoms with van der Waals surface area (Å²) in [6.45, 7) is 3.87. The fourth-order valence-corrected chi connectivity index (χ4v) is 3.76. The number of amides is 1. The number of rotatable bonds is 6. The lowest BCUT2D eigenvalue weighted by atomic mass is 9.95. The highest BCUT2D eigenvalue weighted by atomic mass is 35.5. The minimum Gasteiger partial charge on any atom is -0.353 e. The van der Waals surface area contributed by atoms with E-state index in [0.717, 1.165) is 37.9 Å². The Morgan fingerprint density at radius 3 is 2.74 bits per heavy atom. The highest BCUT2D eigenvalue weighted by molar-refractivity contribution is 7.85. The van der Waals surface area contributed by atoms with Gasteiger partial charge in [0.1, 0.15) is 0 Å². The molecule has 1 saturated carbocycles. The average molecular weight is 311 g/mol. The van der Waals surface area contributed by atoms with Crippen LogP contribution in [0, 0.1) is 0 Å². The largest absolute Gasteiger partial charge is 0.353 e. The zero-order chi connectivity index (χ0) is 13.5. The summed E-state index contributed by atoms with van der Waals surface area (Å²) in [6, 6.07) is 0.280. The van der Waals surface area contributed by atoms with Crippen LogP contribution in [0.5, 0.6) is 0 Å². The third-order valence-electron chi connectivity index (χ3n) is 3.47. The third-order valence-corrected chi connectivity index (χ3v) is 5.22. The highest BCUT2D eigenvalue weighted by Gasteiger charge is 2.26. The molecule has 1 aliphatic rings. The number of carbonyl (C=O) groups excluding carboxylic acids is 1. The number of halogens is 1. The Balaban J connectivity index is 0.00000324. The first-order valence-corrected chi connectivity index (χ1v) is 8.33. The number of hydrogen-bond donors (Lipinski definition) is 2. The molecule has 1 fully saturated rings. The Morgan fingerprint density at radius 2 is 2.16 bits per heavy atom. The third kappa shape index (κ3) is 7.28. The van der Waals surface area contributed by atoms with Gasteiger partial charge in [-0.3, -0.25) is 9.00 Å². The Kier molecular flexibility index (Phi) is 9.66. The maximum absolute atomic E-state index is 11.8. The molecule has 0 radical (unpaired) electrons. The van der Waals surface area contributed by atoms with E-state index < -0.39 is 10.8 Å². The SMILES string of the molecule is CCS(=O)C1CCCC(NC(=O)CCC(C)N)C1.Cl. The second kappa shape index (κ2) is 9.72. The summed E-state index contributed by atoms with van der Waals surface area (Å²) in [6.07, 6.45) is 5.20. The van der Waals surface area contributed by atoms with Gasteiger partial charge in [-0.1, -0.05) is 13.3 Å². The molecule has 0 aromatic rings. The van der Waals surface area contributed by atoms with E-state index in [1.165, 1.54) is 0 Å². The van der Waals surface area contributed by atoms with Gasteiger partial charge in [0.15, 0.2) is 0 Å². The quantitative estimate of drug-likeness (QED) is 0.785. The molecular weight excluding hydrogens is 284 g/mol. The molecule has 1 amide bonds. The van der Waals surface area contributed by atoms with E-state index in [4.69, 9.17) is 5.73 Å². The lowest BCUT2D eigenvalue weighted by Gasteiger charge is -2.29. The van der Waals surface area contributed by atoms with Crippen molar-refractivity contribution in [3.05, 3.63) is 0 Å². The van der Waals surface area contributed by atoms with E-state index in [-0.39, 0.29) is 35.6 Å². The molecule has 0 bridgehead atoms. The Morgan fingerprint density at radius 1 is 1.47 bits per heavy atom. The molecule has 0 saturated heterocycles. The molecule has 0 aliphatic heterocycles. The zero-order valence-electron chi connectivity index (χ0n) is 11.9. The van der Waals surface area contributed by atoms with Crippen LogP contribution in [-0.2, 0) is 15.6 Å². The molecule has 0 aromatic carbocycles. The summed E-state index contributed by atoms with van der Waals surface area (Å²) in [7, 11) is -0.731. The molecule has 0 spiro atoms.